The van der Waals surface area contributed by atoms with Crippen molar-refractivity contribution in [3.8, 4) is 6.07 Å². The predicted molar refractivity (Wildman–Crippen MR) is 67.7 cm³/mol. The molecular weight excluding hydrogens is 218 g/mol. The number of fused-ring (bicyclic) bond motifs is 2. The lowest BCUT2D eigenvalue weighted by molar-refractivity contribution is 0.276. The van der Waals surface area contributed by atoms with Crippen molar-refractivity contribution in [1.29, 1.82) is 5.26 Å². The number of nitrogens with two attached hydrogens (primary N) is 1. The molecule has 2 aliphatic rings. The quantitative estimate of drug-likeness (QED) is 0.723. The summed E-state index contributed by atoms with van der Waals surface area (Å²) in [5.41, 5.74) is 8.11. The van der Waals surface area contributed by atoms with Gasteiger partial charge in [-0.25, -0.2) is 0 Å². The monoisotopic (exact) mass is 235 g/mol. The highest BCUT2D eigenvalue weighted by Gasteiger charge is 2.47. The Morgan fingerprint density at radius 1 is 1.44 bits per heavy atom. The summed E-state index contributed by atoms with van der Waals surface area (Å²) < 4.78 is 0. The van der Waals surface area contributed by atoms with Gasteiger partial charge in [-0.1, -0.05) is 13.8 Å². The summed E-state index contributed by atoms with van der Waals surface area (Å²) in [5.74, 6) is 0. The van der Waals surface area contributed by atoms with Crippen molar-refractivity contribution < 1.29 is 0 Å². The van der Waals surface area contributed by atoms with Gasteiger partial charge in [-0.2, -0.15) is 5.26 Å². The van der Waals surface area contributed by atoms with Crippen LogP contribution in [0.25, 0.3) is 0 Å². The maximum atomic E-state index is 9.08. The molecule has 0 atom stereocenters. The first-order chi connectivity index (χ1) is 7.77. The molecule has 3 N–H and O–H groups in total. The van der Waals surface area contributed by atoms with Crippen LogP contribution in [0, 0.1) is 11.3 Å². The van der Waals surface area contributed by atoms with E-state index in [1.807, 2.05) is 13.8 Å². The molecule has 3 rings (SSSR count). The number of hydrogen-bond acceptors (Lipinski definition) is 4. The van der Waals surface area contributed by atoms with Gasteiger partial charge in [-0.15, -0.1) is 11.3 Å². The van der Waals surface area contributed by atoms with Gasteiger partial charge in [0, 0.05) is 23.4 Å². The SMILES string of the molecule is CC.N#Cc1c(N)sc2c1C1(CC2)CNC1. The normalized spacial score (nSPS) is 19.3. The summed E-state index contributed by atoms with van der Waals surface area (Å²) in [5, 5.41) is 13.1. The van der Waals surface area contributed by atoms with E-state index in [1.165, 1.54) is 16.9 Å². The van der Waals surface area contributed by atoms with Gasteiger partial charge in [0.1, 0.15) is 11.1 Å². The fourth-order valence-electron chi connectivity index (χ4n) is 2.60. The van der Waals surface area contributed by atoms with E-state index >= 15 is 0 Å². The molecule has 16 heavy (non-hydrogen) atoms. The van der Waals surface area contributed by atoms with Crippen LogP contribution >= 0.6 is 11.3 Å². The Labute approximate surface area is 100 Å². The molecular formula is C12H17N3S. The molecule has 1 saturated heterocycles. The molecule has 1 aliphatic carbocycles. The Bertz CT molecular complexity index is 438. The van der Waals surface area contributed by atoms with Gasteiger partial charge in [0.05, 0.1) is 5.56 Å². The zero-order valence-electron chi connectivity index (χ0n) is 9.76. The average Bonchev–Trinajstić information content (AvgIpc) is 2.75. The largest absolute Gasteiger partial charge is 0.389 e. The van der Waals surface area contributed by atoms with Crippen LogP contribution < -0.4 is 11.1 Å². The van der Waals surface area contributed by atoms with Gasteiger partial charge in [0.15, 0.2) is 0 Å². The Morgan fingerprint density at radius 3 is 2.62 bits per heavy atom. The van der Waals surface area contributed by atoms with Crippen LogP contribution in [0.3, 0.4) is 0 Å². The third-order valence-electron chi connectivity index (χ3n) is 3.41. The van der Waals surface area contributed by atoms with E-state index in [1.54, 1.807) is 11.3 Å². The van der Waals surface area contributed by atoms with Crippen LogP contribution in [-0.4, -0.2) is 13.1 Å². The van der Waals surface area contributed by atoms with Gasteiger partial charge in [0.25, 0.3) is 0 Å². The van der Waals surface area contributed by atoms with Crippen LogP contribution in [0.4, 0.5) is 5.00 Å². The van der Waals surface area contributed by atoms with Crippen LogP contribution in [0.5, 0.6) is 0 Å². The van der Waals surface area contributed by atoms with Crippen LogP contribution in [0.2, 0.25) is 0 Å². The number of thiophene rings is 1. The lowest BCUT2D eigenvalue weighted by atomic mass is 9.76. The second-order valence-electron chi connectivity index (χ2n) is 4.14. The average molecular weight is 235 g/mol. The minimum atomic E-state index is 0.258. The number of nitrogens with zero attached hydrogens (tertiary/aromatic N) is 1. The van der Waals surface area contributed by atoms with E-state index in [9.17, 15) is 0 Å². The summed E-state index contributed by atoms with van der Waals surface area (Å²) in [6.45, 7) is 6.04. The molecule has 0 aromatic carbocycles. The van der Waals surface area contributed by atoms with Crippen LogP contribution in [0.15, 0.2) is 0 Å². The molecule has 0 saturated carbocycles. The van der Waals surface area contributed by atoms with E-state index in [4.69, 9.17) is 11.0 Å². The maximum absolute atomic E-state index is 9.08. The van der Waals surface area contributed by atoms with Crippen molar-refractivity contribution in [2.24, 2.45) is 0 Å². The molecule has 0 bridgehead atoms. The smallest absolute Gasteiger partial charge is 0.104 e. The highest BCUT2D eigenvalue weighted by Crippen LogP contribution is 2.48. The molecule has 1 aromatic heterocycles. The summed E-state index contributed by atoms with van der Waals surface area (Å²) in [7, 11) is 0. The molecule has 0 radical (unpaired) electrons. The third kappa shape index (κ3) is 1.35. The van der Waals surface area contributed by atoms with Crippen molar-refractivity contribution in [3.05, 3.63) is 16.0 Å². The molecule has 1 spiro atoms. The van der Waals surface area contributed by atoms with E-state index in [0.29, 0.717) is 5.00 Å². The van der Waals surface area contributed by atoms with E-state index < -0.39 is 0 Å². The predicted octanol–water partition coefficient (Wildman–Crippen LogP) is 2.02. The van der Waals surface area contributed by atoms with Crippen molar-refractivity contribution >= 4 is 16.3 Å². The van der Waals surface area contributed by atoms with Crippen molar-refractivity contribution in [2.45, 2.75) is 32.1 Å². The highest BCUT2D eigenvalue weighted by atomic mass is 32.1. The van der Waals surface area contributed by atoms with Crippen molar-refractivity contribution in [1.82, 2.24) is 5.32 Å². The van der Waals surface area contributed by atoms with Gasteiger partial charge in [-0.05, 0) is 18.4 Å². The summed E-state index contributed by atoms with van der Waals surface area (Å²) in [4.78, 5) is 1.35. The fraction of sp³-hybridized carbons (Fsp3) is 0.583. The highest BCUT2D eigenvalue weighted by molar-refractivity contribution is 7.16. The summed E-state index contributed by atoms with van der Waals surface area (Å²) in [6.07, 6.45) is 2.30. The first kappa shape index (κ1) is 11.4. The van der Waals surface area contributed by atoms with Crippen LogP contribution in [-0.2, 0) is 11.8 Å². The third-order valence-corrected chi connectivity index (χ3v) is 4.49. The number of nitrogens with one attached hydrogen (secondary N) is 1. The van der Waals surface area contributed by atoms with E-state index in [2.05, 4.69) is 11.4 Å². The first-order valence-electron chi connectivity index (χ1n) is 5.79. The molecule has 4 heteroatoms. The van der Waals surface area contributed by atoms with E-state index in [0.717, 1.165) is 25.1 Å². The van der Waals surface area contributed by atoms with Crippen molar-refractivity contribution in [2.75, 3.05) is 18.8 Å². The molecule has 0 unspecified atom stereocenters. The Morgan fingerprint density at radius 2 is 2.12 bits per heavy atom. The van der Waals surface area contributed by atoms with Gasteiger partial charge < -0.3 is 11.1 Å². The standard InChI is InChI=1S/C10H11N3S.C2H6/c11-3-6-8-7(14-9(6)12)1-2-10(8)4-13-5-10;1-2/h13H,1-2,4-5,12H2;1-2H3. The van der Waals surface area contributed by atoms with Gasteiger partial charge in [-0.3, -0.25) is 0 Å². The molecule has 1 aliphatic heterocycles. The second-order valence-corrected chi connectivity index (χ2v) is 5.27. The molecule has 0 amide bonds. The fourth-order valence-corrected chi connectivity index (χ4v) is 3.74. The number of aryl methyl sites for hydroxylation is 1. The summed E-state index contributed by atoms with van der Waals surface area (Å²) in [6, 6.07) is 2.26. The topological polar surface area (TPSA) is 61.8 Å². The minimum Gasteiger partial charge on any atom is -0.389 e. The number of hydrogen-bond donors (Lipinski definition) is 2. The Hall–Kier alpha value is -1.05. The molecule has 1 fully saturated rings. The van der Waals surface area contributed by atoms with Crippen LogP contribution in [0.1, 0.15) is 36.3 Å². The van der Waals surface area contributed by atoms with Gasteiger partial charge >= 0.3 is 0 Å². The number of nitrogen functional groups attached to an aromatic ring is 1. The zero-order chi connectivity index (χ0) is 11.8. The zero-order valence-corrected chi connectivity index (χ0v) is 10.6. The Kier molecular flexibility index (Phi) is 2.92. The Balaban J connectivity index is 0.000000457. The molecule has 86 valence electrons. The lowest BCUT2D eigenvalue weighted by Gasteiger charge is -2.40. The lowest BCUT2D eigenvalue weighted by Crippen LogP contribution is -2.55. The number of rotatable bonds is 0. The molecule has 1 aromatic rings. The second kappa shape index (κ2) is 4.08. The maximum Gasteiger partial charge on any atom is 0.104 e. The molecule has 3 nitrogen and oxygen atoms in total. The first-order valence-corrected chi connectivity index (χ1v) is 6.61. The molecule has 2 heterocycles. The van der Waals surface area contributed by atoms with Crippen molar-refractivity contribution in [3.63, 3.8) is 0 Å². The number of anilines is 1. The van der Waals surface area contributed by atoms with E-state index in [-0.39, 0.29) is 5.41 Å². The minimum absolute atomic E-state index is 0.258. The summed E-state index contributed by atoms with van der Waals surface area (Å²) >= 11 is 1.61. The van der Waals surface area contributed by atoms with Gasteiger partial charge in [0.2, 0.25) is 0 Å². The number of nitriles is 1.